The molecule has 0 aliphatic carbocycles. The van der Waals surface area contributed by atoms with Gasteiger partial charge >= 0.3 is 0 Å². The summed E-state index contributed by atoms with van der Waals surface area (Å²) >= 11 is -1.39. The number of fused-ring (bicyclic) bond motifs is 1. The number of hydrogen-bond donors (Lipinski definition) is 1. The number of anilines is 1. The summed E-state index contributed by atoms with van der Waals surface area (Å²) in [5, 5.41) is 3.20. The first kappa shape index (κ1) is 29.1. The molecule has 2 atom stereocenters. The van der Waals surface area contributed by atoms with E-state index >= 15 is 0 Å². The topological polar surface area (TPSA) is 119 Å². The van der Waals surface area contributed by atoms with E-state index in [-0.39, 0.29) is 29.9 Å². The van der Waals surface area contributed by atoms with Gasteiger partial charge in [0, 0.05) is 49.5 Å². The van der Waals surface area contributed by atoms with Crippen molar-refractivity contribution in [2.75, 3.05) is 37.7 Å². The Kier molecular flexibility index (Phi) is 8.37. The molecule has 4 aromatic rings. The van der Waals surface area contributed by atoms with Crippen LogP contribution in [0.25, 0.3) is 22.3 Å². The van der Waals surface area contributed by atoms with Gasteiger partial charge in [-0.25, -0.2) is 17.1 Å². The number of aromatic nitrogens is 1. The Morgan fingerprint density at radius 3 is 2.59 bits per heavy atom. The maximum absolute atomic E-state index is 13.7. The van der Waals surface area contributed by atoms with Gasteiger partial charge in [-0.2, -0.15) is 4.31 Å². The van der Waals surface area contributed by atoms with Crippen molar-refractivity contribution in [1.29, 1.82) is 0 Å². The number of sulfonamides is 1. The lowest BCUT2D eigenvalue weighted by molar-refractivity contribution is 0.0964. The normalized spacial score (nSPS) is 17.0. The van der Waals surface area contributed by atoms with Crippen LogP contribution in [0.2, 0.25) is 0 Å². The van der Waals surface area contributed by atoms with Crippen LogP contribution in [0, 0.1) is 5.82 Å². The first-order valence-electron chi connectivity index (χ1n) is 13.1. The number of nitrogens with zero attached hydrogens (tertiary/aromatic N) is 3. The van der Waals surface area contributed by atoms with Crippen molar-refractivity contribution >= 4 is 43.9 Å². The fourth-order valence-electron chi connectivity index (χ4n) is 5.27. The molecule has 216 valence electrons. The van der Waals surface area contributed by atoms with Gasteiger partial charge in [0.15, 0.2) is 0 Å². The Hall–Kier alpha value is -3.45. The van der Waals surface area contributed by atoms with Crippen LogP contribution in [0.4, 0.5) is 10.1 Å². The van der Waals surface area contributed by atoms with Crippen LogP contribution in [0.5, 0.6) is 0 Å². The molecule has 12 heteroatoms. The molecule has 3 heterocycles. The maximum Gasteiger partial charge on any atom is 0.255 e. The molecule has 0 spiro atoms. The Bertz CT molecular complexity index is 1660. The summed E-state index contributed by atoms with van der Waals surface area (Å²) in [6, 6.07) is 12.6. The molecule has 5 rings (SSSR count). The highest BCUT2D eigenvalue weighted by Crippen LogP contribution is 2.42. The van der Waals surface area contributed by atoms with Gasteiger partial charge in [0.2, 0.25) is 10.0 Å². The Morgan fingerprint density at radius 2 is 1.93 bits per heavy atom. The van der Waals surface area contributed by atoms with Crippen molar-refractivity contribution in [1.82, 2.24) is 14.6 Å². The first-order valence-corrected chi connectivity index (χ1v) is 16.2. The molecular weight excluding hydrogens is 567 g/mol. The molecule has 2 aromatic heterocycles. The second-order valence-corrected chi connectivity index (χ2v) is 13.4. The van der Waals surface area contributed by atoms with Crippen LogP contribution >= 0.6 is 0 Å². The van der Waals surface area contributed by atoms with E-state index in [1.54, 1.807) is 60.3 Å². The average Bonchev–Trinajstić information content (AvgIpc) is 3.35. The first-order chi connectivity index (χ1) is 19.6. The van der Waals surface area contributed by atoms with E-state index in [9.17, 15) is 22.2 Å². The molecule has 41 heavy (non-hydrogen) atoms. The quantitative estimate of drug-likeness (QED) is 0.298. The SMILES string of the molecule is CNC(=O)c1c(-c2ccc(F)cc2)oc2cc(N(C)[S+](C)[O-])c([C@@H]3CCCN(S(=O)(=O)Cc4ccncc4)C3)cc12. The van der Waals surface area contributed by atoms with E-state index in [2.05, 4.69) is 10.3 Å². The summed E-state index contributed by atoms with van der Waals surface area (Å²) in [6.07, 6.45) is 6.05. The second kappa shape index (κ2) is 11.8. The lowest BCUT2D eigenvalue weighted by atomic mass is 9.89. The van der Waals surface area contributed by atoms with Crippen molar-refractivity contribution < 1.29 is 26.6 Å². The zero-order chi connectivity index (χ0) is 29.3. The number of piperidine rings is 1. The summed E-state index contributed by atoms with van der Waals surface area (Å²) in [6.45, 7) is 0.648. The number of rotatable bonds is 8. The van der Waals surface area contributed by atoms with Crippen LogP contribution in [0.1, 0.15) is 40.2 Å². The summed E-state index contributed by atoms with van der Waals surface area (Å²) in [5.41, 5.74) is 3.28. The van der Waals surface area contributed by atoms with Crippen molar-refractivity contribution in [2.45, 2.75) is 24.5 Å². The maximum atomic E-state index is 13.7. The van der Waals surface area contributed by atoms with Gasteiger partial charge in [0.25, 0.3) is 5.91 Å². The smallest absolute Gasteiger partial charge is 0.255 e. The van der Waals surface area contributed by atoms with Crippen molar-refractivity contribution in [3.63, 3.8) is 0 Å². The predicted molar refractivity (Wildman–Crippen MR) is 158 cm³/mol. The predicted octanol–water partition coefficient (Wildman–Crippen LogP) is 4.43. The third-order valence-corrected chi connectivity index (χ3v) is 10.2. The van der Waals surface area contributed by atoms with Gasteiger partial charge in [0.05, 0.1) is 35.4 Å². The molecule has 0 bridgehead atoms. The molecule has 1 saturated heterocycles. The van der Waals surface area contributed by atoms with Crippen LogP contribution in [0.3, 0.4) is 0 Å². The highest BCUT2D eigenvalue weighted by atomic mass is 32.2. The number of amides is 1. The zero-order valence-corrected chi connectivity index (χ0v) is 24.6. The largest absolute Gasteiger partial charge is 0.593 e. The van der Waals surface area contributed by atoms with Gasteiger partial charge < -0.3 is 14.3 Å². The van der Waals surface area contributed by atoms with Crippen molar-refractivity contribution in [3.8, 4) is 11.3 Å². The minimum absolute atomic E-state index is 0.128. The van der Waals surface area contributed by atoms with Gasteiger partial charge in [-0.3, -0.25) is 9.78 Å². The Labute approximate surface area is 241 Å². The third kappa shape index (κ3) is 5.96. The van der Waals surface area contributed by atoms with E-state index in [0.29, 0.717) is 52.7 Å². The summed E-state index contributed by atoms with van der Waals surface area (Å²) < 4.78 is 62.4. The van der Waals surface area contributed by atoms with Gasteiger partial charge in [-0.15, -0.1) is 0 Å². The van der Waals surface area contributed by atoms with Gasteiger partial charge in [-0.1, -0.05) is 0 Å². The average molecular weight is 599 g/mol. The number of nitrogens with one attached hydrogen (secondary N) is 1. The molecule has 1 N–H and O–H groups in total. The minimum atomic E-state index is -3.61. The number of hydrogen-bond acceptors (Lipinski definition) is 7. The molecule has 9 nitrogen and oxygen atoms in total. The minimum Gasteiger partial charge on any atom is -0.593 e. The molecule has 2 aromatic carbocycles. The van der Waals surface area contributed by atoms with Gasteiger partial charge in [-0.05, 0) is 72.4 Å². The summed E-state index contributed by atoms with van der Waals surface area (Å²) in [4.78, 5) is 17.1. The Balaban J connectivity index is 1.61. The number of carbonyl (C=O) groups is 1. The van der Waals surface area contributed by atoms with E-state index < -0.39 is 27.2 Å². The highest BCUT2D eigenvalue weighted by Gasteiger charge is 2.33. The number of halogens is 1. The van der Waals surface area contributed by atoms with Crippen molar-refractivity contribution in [2.24, 2.45) is 0 Å². The third-order valence-electron chi connectivity index (χ3n) is 7.44. The number of pyridine rings is 1. The van der Waals surface area contributed by atoms with Crippen LogP contribution < -0.4 is 9.62 Å². The van der Waals surface area contributed by atoms with Crippen LogP contribution in [0.15, 0.2) is 65.3 Å². The molecule has 1 unspecified atom stereocenters. The zero-order valence-electron chi connectivity index (χ0n) is 23.0. The van der Waals surface area contributed by atoms with E-state index in [1.165, 1.54) is 23.5 Å². The number of benzene rings is 2. The summed E-state index contributed by atoms with van der Waals surface area (Å²) in [5.74, 6) is -0.851. The molecule has 1 aliphatic heterocycles. The van der Waals surface area contributed by atoms with Crippen LogP contribution in [-0.4, -0.2) is 61.6 Å². The number of carbonyl (C=O) groups excluding carboxylic acids is 1. The fraction of sp³-hybridized carbons (Fsp3) is 0.310. The fourth-order valence-corrected chi connectivity index (χ4v) is 7.32. The molecule has 0 saturated carbocycles. The summed E-state index contributed by atoms with van der Waals surface area (Å²) in [7, 11) is -0.393. The monoisotopic (exact) mass is 598 g/mol. The molecule has 1 fully saturated rings. The number of furan rings is 1. The standard InChI is InChI=1S/C29H31FN4O5S2/c1-31-29(35)27-24-15-23(21-5-4-14-34(17-21)41(37,38)18-19-10-12-32-13-11-19)25(33(2)40(3)36)16-26(24)39-28(27)20-6-8-22(30)9-7-20/h6-13,15-16,21H,4-5,14,17-18H2,1-3H3,(H,31,35)/t21-,40?/m1/s1. The second-order valence-electron chi connectivity index (χ2n) is 10.0. The Morgan fingerprint density at radius 1 is 1.22 bits per heavy atom. The van der Waals surface area contributed by atoms with Crippen LogP contribution in [-0.2, 0) is 27.1 Å². The molecular formula is C29H31FN4O5S2. The molecule has 1 aliphatic rings. The molecule has 0 radical (unpaired) electrons. The lowest BCUT2D eigenvalue weighted by Crippen LogP contribution is -2.40. The van der Waals surface area contributed by atoms with Gasteiger partial charge in [0.1, 0.15) is 23.4 Å². The highest BCUT2D eigenvalue weighted by molar-refractivity contribution is 7.92. The van der Waals surface area contributed by atoms with E-state index in [4.69, 9.17) is 4.42 Å². The molecule has 1 amide bonds. The lowest BCUT2D eigenvalue weighted by Gasteiger charge is -2.34. The van der Waals surface area contributed by atoms with E-state index in [0.717, 1.165) is 5.56 Å². The van der Waals surface area contributed by atoms with Crippen molar-refractivity contribution in [3.05, 3.63) is 83.4 Å². The van der Waals surface area contributed by atoms with E-state index in [1.807, 2.05) is 6.07 Å².